The van der Waals surface area contributed by atoms with E-state index in [1.807, 2.05) is 0 Å². The monoisotopic (exact) mass is 394 g/mol. The summed E-state index contributed by atoms with van der Waals surface area (Å²) in [6, 6.07) is 11.9. The van der Waals surface area contributed by atoms with Crippen LogP contribution in [0.4, 0.5) is 10.1 Å². The van der Waals surface area contributed by atoms with Gasteiger partial charge in [0.1, 0.15) is 0 Å². The summed E-state index contributed by atoms with van der Waals surface area (Å²) in [6.45, 7) is 5.44. The molecule has 2 aromatic carbocycles. The third kappa shape index (κ3) is 4.76. The number of nitrogens with zero attached hydrogens (tertiary/aromatic N) is 1. The number of carbonyl (C=O) groups is 1. The molecule has 0 aliphatic carbocycles. The quantitative estimate of drug-likeness (QED) is 0.446. The summed E-state index contributed by atoms with van der Waals surface area (Å²) in [7, 11) is 0. The zero-order valence-electron chi connectivity index (χ0n) is 16.1. The van der Waals surface area contributed by atoms with Gasteiger partial charge in [0.05, 0.1) is 19.8 Å². The van der Waals surface area contributed by atoms with E-state index in [0.717, 1.165) is 44.8 Å². The molecule has 0 atom stereocenters. The van der Waals surface area contributed by atoms with Gasteiger partial charge in [-0.3, -0.25) is 4.79 Å². The number of amides is 1. The second-order valence-corrected chi connectivity index (χ2v) is 7.64. The van der Waals surface area contributed by atoms with Crippen LogP contribution < -0.4 is 10.1 Å². The number of benzene rings is 2. The number of hydrogen-bond acceptors (Lipinski definition) is 4. The van der Waals surface area contributed by atoms with Crippen molar-refractivity contribution in [3.05, 3.63) is 59.4 Å². The fraction of sp³-hybridized carbons (Fsp3) is 0.348. The first-order valence-electron chi connectivity index (χ1n) is 9.71. The Morgan fingerprint density at radius 3 is 2.52 bits per heavy atom. The normalized spacial score (nSPS) is 16.9. The van der Waals surface area contributed by atoms with Crippen LogP contribution >= 0.6 is 0 Å². The van der Waals surface area contributed by atoms with Crippen molar-refractivity contribution in [3.63, 3.8) is 0 Å². The number of halogens is 1. The fourth-order valence-electron chi connectivity index (χ4n) is 3.66. The molecule has 0 saturated carbocycles. The zero-order chi connectivity index (χ0) is 20.1. The van der Waals surface area contributed by atoms with Gasteiger partial charge in [-0.25, -0.2) is 4.39 Å². The maximum absolute atomic E-state index is 14.3. The first kappa shape index (κ1) is 19.4. The molecule has 29 heavy (non-hydrogen) atoms. The Bertz CT molecular complexity index is 921. The Balaban J connectivity index is 1.24. The predicted octanol–water partition coefficient (Wildman–Crippen LogP) is 2.89. The lowest BCUT2D eigenvalue weighted by atomic mass is 9.78. The summed E-state index contributed by atoms with van der Waals surface area (Å²) in [4.78, 5) is 12.8. The molecule has 0 unspecified atom stereocenters. The third-order valence-electron chi connectivity index (χ3n) is 5.20. The minimum absolute atomic E-state index is 0.257. The number of hydrogen-bond donors (Lipinski definition) is 1. The molecule has 0 aromatic heterocycles. The minimum Gasteiger partial charge on any atom is -0.490 e. The largest absolute Gasteiger partial charge is 0.490 e. The topological polar surface area (TPSA) is 50.8 Å². The molecule has 2 fully saturated rings. The van der Waals surface area contributed by atoms with Gasteiger partial charge in [0, 0.05) is 41.9 Å². The highest BCUT2D eigenvalue weighted by atomic mass is 19.1. The maximum Gasteiger partial charge on any atom is 0.211 e. The highest BCUT2D eigenvalue weighted by Gasteiger charge is 2.48. The molecule has 2 saturated heterocycles. The molecule has 2 heterocycles. The second kappa shape index (κ2) is 8.64. The number of anilines is 1. The van der Waals surface area contributed by atoms with E-state index in [0.29, 0.717) is 29.7 Å². The Morgan fingerprint density at radius 1 is 1.14 bits per heavy atom. The first-order valence-corrected chi connectivity index (χ1v) is 9.71. The number of ether oxygens (including phenoxy) is 2. The molecule has 150 valence electrons. The predicted molar refractivity (Wildman–Crippen MR) is 108 cm³/mol. The van der Waals surface area contributed by atoms with Gasteiger partial charge in [-0.05, 0) is 48.9 Å². The van der Waals surface area contributed by atoms with Crippen molar-refractivity contribution in [2.75, 3.05) is 44.8 Å². The molecule has 0 radical (unpaired) electrons. The number of nitrogens with one attached hydrogen (secondary N) is 1. The summed E-state index contributed by atoms with van der Waals surface area (Å²) in [5.41, 5.74) is 2.49. The third-order valence-corrected chi connectivity index (χ3v) is 5.20. The maximum atomic E-state index is 14.3. The van der Waals surface area contributed by atoms with Gasteiger partial charge in [0.25, 0.3) is 0 Å². The number of rotatable bonds is 7. The molecule has 2 aromatic rings. The summed E-state index contributed by atoms with van der Waals surface area (Å²) in [5.74, 6) is 5.78. The highest BCUT2D eigenvalue weighted by Crippen LogP contribution is 2.37. The van der Waals surface area contributed by atoms with E-state index in [4.69, 9.17) is 9.47 Å². The lowest BCUT2D eigenvalue weighted by Gasteiger charge is -2.55. The van der Waals surface area contributed by atoms with Crippen molar-refractivity contribution in [2.45, 2.75) is 6.42 Å². The smallest absolute Gasteiger partial charge is 0.211 e. The zero-order valence-corrected chi connectivity index (χ0v) is 16.1. The van der Waals surface area contributed by atoms with Gasteiger partial charge in [0.2, 0.25) is 6.41 Å². The van der Waals surface area contributed by atoms with Crippen LogP contribution in [0.1, 0.15) is 17.5 Å². The Hall–Kier alpha value is -2.88. The van der Waals surface area contributed by atoms with Crippen LogP contribution in [0.15, 0.2) is 42.5 Å². The lowest BCUT2D eigenvalue weighted by molar-refractivity contribution is -0.189. The number of carbonyl (C=O) groups excluding carboxylic acids is 1. The van der Waals surface area contributed by atoms with Crippen LogP contribution in [0.25, 0.3) is 0 Å². The second-order valence-electron chi connectivity index (χ2n) is 7.64. The van der Waals surface area contributed by atoms with E-state index in [9.17, 15) is 9.18 Å². The standard InChI is InChI=1S/C23H23FN2O3/c24-21-12-19(3-2-18-4-7-20(8-5-18)25-17-27)6-9-22(21)29-11-1-10-26-13-23(14-26)15-28-16-23/h4-9,12,17H,1,10-11,13-16H2,(H,25,27). The van der Waals surface area contributed by atoms with Gasteiger partial charge in [-0.2, -0.15) is 0 Å². The van der Waals surface area contributed by atoms with Crippen molar-refractivity contribution in [1.82, 2.24) is 4.90 Å². The molecule has 4 rings (SSSR count). The Labute approximate surface area is 169 Å². The van der Waals surface area contributed by atoms with Crippen molar-refractivity contribution in [1.29, 1.82) is 0 Å². The highest BCUT2D eigenvalue weighted by molar-refractivity contribution is 5.71. The first-order chi connectivity index (χ1) is 14.2. The van der Waals surface area contributed by atoms with Crippen LogP contribution in [-0.4, -0.2) is 50.8 Å². The van der Waals surface area contributed by atoms with Gasteiger partial charge < -0.3 is 19.7 Å². The fourth-order valence-corrected chi connectivity index (χ4v) is 3.66. The van der Waals surface area contributed by atoms with Crippen LogP contribution in [0.3, 0.4) is 0 Å². The molecule has 0 bridgehead atoms. The van der Waals surface area contributed by atoms with Crippen molar-refractivity contribution in [3.8, 4) is 17.6 Å². The van der Waals surface area contributed by atoms with Gasteiger partial charge in [-0.1, -0.05) is 11.8 Å². The average molecular weight is 394 g/mol. The molecule has 1 N–H and O–H groups in total. The molecule has 2 aliphatic heterocycles. The number of likely N-dealkylation sites (tertiary alicyclic amines) is 1. The van der Waals surface area contributed by atoms with E-state index in [1.54, 1.807) is 36.4 Å². The molecule has 5 nitrogen and oxygen atoms in total. The Kier molecular flexibility index (Phi) is 5.79. The summed E-state index contributed by atoms with van der Waals surface area (Å²) in [5, 5.41) is 2.56. The van der Waals surface area contributed by atoms with Crippen LogP contribution in [0.2, 0.25) is 0 Å². The molecule has 1 spiro atoms. The molecule has 2 aliphatic rings. The van der Waals surface area contributed by atoms with E-state index in [-0.39, 0.29) is 5.75 Å². The van der Waals surface area contributed by atoms with Crippen LogP contribution in [-0.2, 0) is 9.53 Å². The lowest BCUT2D eigenvalue weighted by Crippen LogP contribution is -2.65. The van der Waals surface area contributed by atoms with Crippen molar-refractivity contribution >= 4 is 12.1 Å². The average Bonchev–Trinajstić information content (AvgIpc) is 2.66. The molecule has 1 amide bonds. The molecular weight excluding hydrogens is 371 g/mol. The van der Waals surface area contributed by atoms with E-state index in [2.05, 4.69) is 22.1 Å². The minimum atomic E-state index is -0.406. The Morgan fingerprint density at radius 2 is 1.86 bits per heavy atom. The van der Waals surface area contributed by atoms with Gasteiger partial charge >= 0.3 is 0 Å². The van der Waals surface area contributed by atoms with Gasteiger partial charge in [0.15, 0.2) is 11.6 Å². The SMILES string of the molecule is O=CNc1ccc(C#Cc2ccc(OCCCN3CC4(COC4)C3)c(F)c2)cc1. The van der Waals surface area contributed by atoms with Gasteiger partial charge in [-0.15, -0.1) is 0 Å². The van der Waals surface area contributed by atoms with E-state index >= 15 is 0 Å². The summed E-state index contributed by atoms with van der Waals surface area (Å²) >= 11 is 0. The summed E-state index contributed by atoms with van der Waals surface area (Å²) < 4.78 is 25.1. The van der Waals surface area contributed by atoms with E-state index in [1.165, 1.54) is 6.07 Å². The van der Waals surface area contributed by atoms with Crippen LogP contribution in [0.5, 0.6) is 5.75 Å². The van der Waals surface area contributed by atoms with Crippen molar-refractivity contribution < 1.29 is 18.7 Å². The van der Waals surface area contributed by atoms with Crippen molar-refractivity contribution in [2.24, 2.45) is 5.41 Å². The molecule has 6 heteroatoms. The molecular formula is C23H23FN2O3. The summed E-state index contributed by atoms with van der Waals surface area (Å²) in [6.07, 6.45) is 1.49. The van der Waals surface area contributed by atoms with E-state index < -0.39 is 5.82 Å². The van der Waals surface area contributed by atoms with Crippen LogP contribution in [0, 0.1) is 23.1 Å².